The molecule has 0 radical (unpaired) electrons. The lowest BCUT2D eigenvalue weighted by Crippen LogP contribution is -2.35. The smallest absolute Gasteiger partial charge is 0.274 e. The fourth-order valence-corrected chi connectivity index (χ4v) is 4.41. The summed E-state index contributed by atoms with van der Waals surface area (Å²) in [5.74, 6) is 1.14. The van der Waals surface area contributed by atoms with Crippen molar-refractivity contribution in [2.45, 2.75) is 38.3 Å². The van der Waals surface area contributed by atoms with Crippen LogP contribution in [-0.4, -0.2) is 34.6 Å². The first kappa shape index (κ1) is 19.1. The molecule has 1 aliphatic carbocycles. The van der Waals surface area contributed by atoms with Gasteiger partial charge in [-0.3, -0.25) is 4.79 Å². The Hall–Kier alpha value is -2.84. The minimum Gasteiger partial charge on any atom is -0.495 e. The van der Waals surface area contributed by atoms with Crippen molar-refractivity contribution in [1.82, 2.24) is 20.3 Å². The van der Waals surface area contributed by atoms with Crippen LogP contribution in [0.4, 0.5) is 0 Å². The standard InChI is InChI=1S/C21H21ClN4O4/c1-28-18-8-4-6-15(19(18)22)26-16-11-29-10-14(13(16)9-23-26)24-21(27)20-12-5-2-3-7-17(12)30-25-20/h4,6,8-9,14H,2-3,5,7,10-11H2,1H3,(H,24,27)/t14-/m0/s1. The molecule has 2 aliphatic rings. The Kier molecular flexibility index (Phi) is 4.96. The van der Waals surface area contributed by atoms with E-state index in [0.717, 1.165) is 48.3 Å². The number of methoxy groups -OCH3 is 1. The first-order valence-electron chi connectivity index (χ1n) is 9.93. The van der Waals surface area contributed by atoms with E-state index in [-0.39, 0.29) is 11.9 Å². The molecule has 0 fully saturated rings. The highest BCUT2D eigenvalue weighted by atomic mass is 35.5. The maximum atomic E-state index is 12.9. The van der Waals surface area contributed by atoms with Gasteiger partial charge in [-0.15, -0.1) is 0 Å². The molecule has 1 aliphatic heterocycles. The number of amides is 1. The number of rotatable bonds is 4. The predicted molar refractivity (Wildman–Crippen MR) is 108 cm³/mol. The van der Waals surface area contributed by atoms with Crippen molar-refractivity contribution in [1.29, 1.82) is 0 Å². The molecule has 3 heterocycles. The Morgan fingerprint density at radius 3 is 3.07 bits per heavy atom. The third-order valence-corrected chi connectivity index (χ3v) is 6.04. The highest BCUT2D eigenvalue weighted by molar-refractivity contribution is 6.33. The number of nitrogens with zero attached hydrogens (tertiary/aromatic N) is 3. The maximum absolute atomic E-state index is 12.9. The second-order valence-corrected chi connectivity index (χ2v) is 7.81. The van der Waals surface area contributed by atoms with E-state index in [0.29, 0.717) is 35.4 Å². The van der Waals surface area contributed by atoms with Crippen molar-refractivity contribution in [2.24, 2.45) is 0 Å². The number of nitrogens with one attached hydrogen (secondary N) is 1. The van der Waals surface area contributed by atoms with Crippen LogP contribution in [0.15, 0.2) is 28.9 Å². The topological polar surface area (TPSA) is 91.4 Å². The molecule has 0 saturated heterocycles. The van der Waals surface area contributed by atoms with Gasteiger partial charge in [-0.05, 0) is 31.4 Å². The summed E-state index contributed by atoms with van der Waals surface area (Å²) in [6, 6.07) is 5.17. The van der Waals surface area contributed by atoms with Crippen LogP contribution in [0.3, 0.4) is 0 Å². The van der Waals surface area contributed by atoms with Gasteiger partial charge in [0.25, 0.3) is 5.91 Å². The first-order valence-corrected chi connectivity index (χ1v) is 10.3. The quantitative estimate of drug-likeness (QED) is 0.684. The maximum Gasteiger partial charge on any atom is 0.274 e. The highest BCUT2D eigenvalue weighted by Crippen LogP contribution is 2.34. The Morgan fingerprint density at radius 1 is 1.33 bits per heavy atom. The number of carbonyl (C=O) groups excluding carboxylic acids is 1. The summed E-state index contributed by atoms with van der Waals surface area (Å²) in [5, 5.41) is 12.0. The molecular weight excluding hydrogens is 408 g/mol. The van der Waals surface area contributed by atoms with Crippen LogP contribution in [0.25, 0.3) is 5.69 Å². The van der Waals surface area contributed by atoms with E-state index >= 15 is 0 Å². The second-order valence-electron chi connectivity index (χ2n) is 7.43. The Morgan fingerprint density at radius 2 is 2.20 bits per heavy atom. The van der Waals surface area contributed by atoms with E-state index in [9.17, 15) is 4.79 Å². The van der Waals surface area contributed by atoms with Crippen LogP contribution in [-0.2, 0) is 24.2 Å². The Bertz CT molecular complexity index is 1110. The van der Waals surface area contributed by atoms with Crippen molar-refractivity contribution >= 4 is 17.5 Å². The van der Waals surface area contributed by atoms with E-state index < -0.39 is 0 Å². The number of hydrogen-bond donors (Lipinski definition) is 1. The molecule has 3 aromatic rings. The molecule has 156 valence electrons. The van der Waals surface area contributed by atoms with Crippen molar-refractivity contribution in [3.8, 4) is 11.4 Å². The molecule has 1 aromatic carbocycles. The SMILES string of the molecule is COc1cccc(-n2ncc3c2COC[C@@H]3NC(=O)c2noc3c2CCCC3)c1Cl. The summed E-state index contributed by atoms with van der Waals surface area (Å²) in [4.78, 5) is 12.9. The molecule has 0 spiro atoms. The number of aromatic nitrogens is 3. The average molecular weight is 429 g/mol. The van der Waals surface area contributed by atoms with Gasteiger partial charge < -0.3 is 19.3 Å². The van der Waals surface area contributed by atoms with Gasteiger partial charge >= 0.3 is 0 Å². The van der Waals surface area contributed by atoms with Crippen LogP contribution in [0.2, 0.25) is 5.02 Å². The van der Waals surface area contributed by atoms with E-state index in [1.54, 1.807) is 24.1 Å². The fraction of sp³-hybridized carbons (Fsp3) is 0.381. The Labute approximate surface area is 178 Å². The summed E-state index contributed by atoms with van der Waals surface area (Å²) in [6.45, 7) is 0.727. The molecule has 9 heteroatoms. The third-order valence-electron chi connectivity index (χ3n) is 5.66. The number of ether oxygens (including phenoxy) is 2. The van der Waals surface area contributed by atoms with Gasteiger partial charge in [-0.25, -0.2) is 4.68 Å². The zero-order valence-electron chi connectivity index (χ0n) is 16.5. The predicted octanol–water partition coefficient (Wildman–Crippen LogP) is 3.40. The van der Waals surface area contributed by atoms with Gasteiger partial charge in [-0.2, -0.15) is 5.10 Å². The van der Waals surface area contributed by atoms with Crippen LogP contribution >= 0.6 is 11.6 Å². The minimum absolute atomic E-state index is 0.254. The van der Waals surface area contributed by atoms with Gasteiger partial charge in [0, 0.05) is 17.5 Å². The second kappa shape index (κ2) is 7.77. The molecule has 8 nitrogen and oxygen atoms in total. The number of aryl methyl sites for hydroxylation is 1. The Balaban J connectivity index is 1.43. The minimum atomic E-state index is -0.338. The fourth-order valence-electron chi connectivity index (χ4n) is 4.12. The summed E-state index contributed by atoms with van der Waals surface area (Å²) < 4.78 is 18.2. The largest absolute Gasteiger partial charge is 0.495 e. The van der Waals surface area contributed by atoms with Gasteiger partial charge in [0.05, 0.1) is 43.9 Å². The van der Waals surface area contributed by atoms with Crippen molar-refractivity contribution < 1.29 is 18.8 Å². The number of hydrogen-bond acceptors (Lipinski definition) is 6. The van der Waals surface area contributed by atoms with E-state index in [4.69, 9.17) is 25.6 Å². The highest BCUT2D eigenvalue weighted by Gasteiger charge is 2.30. The molecule has 0 saturated carbocycles. The normalized spacial score (nSPS) is 17.9. The molecule has 0 unspecified atom stereocenters. The number of halogens is 1. The van der Waals surface area contributed by atoms with E-state index in [2.05, 4.69) is 15.6 Å². The zero-order chi connectivity index (χ0) is 20.7. The lowest BCUT2D eigenvalue weighted by molar-refractivity contribution is 0.0682. The van der Waals surface area contributed by atoms with Crippen LogP contribution in [0.5, 0.6) is 5.75 Å². The molecule has 2 aromatic heterocycles. The number of benzene rings is 1. The van der Waals surface area contributed by atoms with Crippen LogP contribution < -0.4 is 10.1 Å². The van der Waals surface area contributed by atoms with E-state index in [1.165, 1.54) is 0 Å². The summed E-state index contributed by atoms with van der Waals surface area (Å²) in [6.07, 6.45) is 5.51. The van der Waals surface area contributed by atoms with Crippen LogP contribution in [0, 0.1) is 0 Å². The van der Waals surface area contributed by atoms with Gasteiger partial charge in [0.2, 0.25) is 0 Å². The zero-order valence-corrected chi connectivity index (χ0v) is 17.2. The summed E-state index contributed by atoms with van der Waals surface area (Å²) in [5.41, 5.74) is 3.72. The summed E-state index contributed by atoms with van der Waals surface area (Å²) in [7, 11) is 1.57. The average Bonchev–Trinajstić information content (AvgIpc) is 3.39. The van der Waals surface area contributed by atoms with Gasteiger partial charge in [0.15, 0.2) is 5.69 Å². The van der Waals surface area contributed by atoms with E-state index in [1.807, 2.05) is 12.1 Å². The molecule has 5 rings (SSSR count). The first-order chi connectivity index (χ1) is 14.7. The lowest BCUT2D eigenvalue weighted by atomic mass is 9.96. The number of carbonyl (C=O) groups is 1. The molecule has 1 N–H and O–H groups in total. The third kappa shape index (κ3) is 3.16. The molecule has 1 amide bonds. The lowest BCUT2D eigenvalue weighted by Gasteiger charge is -2.24. The molecular formula is C21H21ClN4O4. The van der Waals surface area contributed by atoms with Gasteiger partial charge in [0.1, 0.15) is 16.5 Å². The number of fused-ring (bicyclic) bond motifs is 2. The van der Waals surface area contributed by atoms with Gasteiger partial charge in [-0.1, -0.05) is 22.8 Å². The van der Waals surface area contributed by atoms with Crippen LogP contribution in [0.1, 0.15) is 52.0 Å². The molecule has 0 bridgehead atoms. The van der Waals surface area contributed by atoms with Crippen molar-refractivity contribution in [3.63, 3.8) is 0 Å². The molecule has 30 heavy (non-hydrogen) atoms. The molecule has 1 atom stereocenters. The van der Waals surface area contributed by atoms with Crippen molar-refractivity contribution in [3.05, 3.63) is 57.7 Å². The monoisotopic (exact) mass is 428 g/mol. The van der Waals surface area contributed by atoms with Crippen molar-refractivity contribution in [2.75, 3.05) is 13.7 Å². The summed E-state index contributed by atoms with van der Waals surface area (Å²) >= 11 is 6.48.